The lowest BCUT2D eigenvalue weighted by Gasteiger charge is -2.13. The van der Waals surface area contributed by atoms with Crippen molar-refractivity contribution in [3.05, 3.63) is 57.3 Å². The molecule has 2 aromatic rings. The molecule has 0 saturated carbocycles. The number of hydrogen-bond acceptors (Lipinski definition) is 2. The molecule has 0 aromatic heterocycles. The Morgan fingerprint density at radius 1 is 1.29 bits per heavy atom. The maximum Gasteiger partial charge on any atom is 0.167 e. The van der Waals surface area contributed by atoms with Crippen LogP contribution in [0.25, 0.3) is 0 Å². The van der Waals surface area contributed by atoms with Crippen LogP contribution in [0.1, 0.15) is 18.9 Å². The van der Waals surface area contributed by atoms with E-state index in [1.165, 1.54) is 6.07 Å². The average molecular weight is 373 g/mol. The SMILES string of the molecule is CCCNCc1cccc(F)c1Oc1ccc(Br)cc1Cl. The fraction of sp³-hybridized carbons (Fsp3) is 0.250. The largest absolute Gasteiger partial charge is 0.452 e. The Hall–Kier alpha value is -1.10. The van der Waals surface area contributed by atoms with E-state index in [4.69, 9.17) is 16.3 Å². The highest BCUT2D eigenvalue weighted by molar-refractivity contribution is 9.10. The highest BCUT2D eigenvalue weighted by Gasteiger charge is 2.12. The zero-order valence-electron chi connectivity index (χ0n) is 11.6. The number of benzene rings is 2. The molecule has 0 fully saturated rings. The molecule has 2 nitrogen and oxygen atoms in total. The predicted octanol–water partition coefficient (Wildman–Crippen LogP) is 5.53. The number of rotatable bonds is 6. The van der Waals surface area contributed by atoms with Crippen molar-refractivity contribution in [2.45, 2.75) is 19.9 Å². The first-order valence-corrected chi connectivity index (χ1v) is 7.90. The summed E-state index contributed by atoms with van der Waals surface area (Å²) in [5.74, 6) is 0.247. The number of para-hydroxylation sites is 1. The number of halogens is 3. The molecule has 0 atom stereocenters. The first kappa shape index (κ1) is 16.3. The Morgan fingerprint density at radius 3 is 2.81 bits per heavy atom. The molecule has 0 radical (unpaired) electrons. The lowest BCUT2D eigenvalue weighted by atomic mass is 10.2. The molecule has 0 aliphatic carbocycles. The second-order valence-electron chi connectivity index (χ2n) is 4.58. The lowest BCUT2D eigenvalue weighted by Crippen LogP contribution is -2.14. The standard InChI is InChI=1S/C16H16BrClFNO/c1-2-8-20-10-11-4-3-5-14(19)16(11)21-15-7-6-12(17)9-13(15)18/h3-7,9,20H,2,8,10H2,1H3. The van der Waals surface area contributed by atoms with Crippen LogP contribution in [0, 0.1) is 5.82 Å². The van der Waals surface area contributed by atoms with E-state index < -0.39 is 5.82 Å². The van der Waals surface area contributed by atoms with Gasteiger partial charge in [0, 0.05) is 16.6 Å². The van der Waals surface area contributed by atoms with E-state index in [0.29, 0.717) is 17.3 Å². The molecule has 0 amide bonds. The van der Waals surface area contributed by atoms with E-state index in [0.717, 1.165) is 23.0 Å². The molecule has 1 N–H and O–H groups in total. The molecule has 0 unspecified atom stereocenters. The number of hydrogen-bond donors (Lipinski definition) is 1. The van der Waals surface area contributed by atoms with Crippen LogP contribution in [0.2, 0.25) is 5.02 Å². The molecule has 0 heterocycles. The zero-order chi connectivity index (χ0) is 15.2. The number of nitrogens with one attached hydrogen (secondary N) is 1. The third-order valence-electron chi connectivity index (χ3n) is 2.90. The molecule has 5 heteroatoms. The van der Waals surface area contributed by atoms with Crippen LogP contribution in [-0.2, 0) is 6.54 Å². The van der Waals surface area contributed by atoms with Gasteiger partial charge in [0.05, 0.1) is 5.02 Å². The van der Waals surface area contributed by atoms with E-state index in [2.05, 4.69) is 28.2 Å². The molecule has 21 heavy (non-hydrogen) atoms. The van der Waals surface area contributed by atoms with Gasteiger partial charge in [-0.25, -0.2) is 4.39 Å². The van der Waals surface area contributed by atoms with Gasteiger partial charge in [-0.05, 0) is 37.2 Å². The second kappa shape index (κ2) is 7.78. The summed E-state index contributed by atoms with van der Waals surface area (Å²) in [6, 6.07) is 10.1. The van der Waals surface area contributed by atoms with Gasteiger partial charge in [-0.1, -0.05) is 46.6 Å². The minimum Gasteiger partial charge on any atom is -0.452 e. The fourth-order valence-corrected chi connectivity index (χ4v) is 2.59. The first-order valence-electron chi connectivity index (χ1n) is 6.73. The van der Waals surface area contributed by atoms with Gasteiger partial charge in [-0.2, -0.15) is 0 Å². The van der Waals surface area contributed by atoms with Crippen molar-refractivity contribution in [1.29, 1.82) is 0 Å². The second-order valence-corrected chi connectivity index (χ2v) is 5.90. The predicted molar refractivity (Wildman–Crippen MR) is 87.6 cm³/mol. The van der Waals surface area contributed by atoms with Crippen molar-refractivity contribution in [2.24, 2.45) is 0 Å². The summed E-state index contributed by atoms with van der Waals surface area (Å²) in [5.41, 5.74) is 0.766. The molecular formula is C16H16BrClFNO. The van der Waals surface area contributed by atoms with Gasteiger partial charge >= 0.3 is 0 Å². The van der Waals surface area contributed by atoms with Crippen molar-refractivity contribution < 1.29 is 9.13 Å². The zero-order valence-corrected chi connectivity index (χ0v) is 14.0. The van der Waals surface area contributed by atoms with Crippen LogP contribution in [0.3, 0.4) is 0 Å². The fourth-order valence-electron chi connectivity index (χ4n) is 1.87. The minimum atomic E-state index is -0.398. The Balaban J connectivity index is 2.25. The first-order chi connectivity index (χ1) is 10.1. The average Bonchev–Trinajstić information content (AvgIpc) is 2.45. The summed E-state index contributed by atoms with van der Waals surface area (Å²) in [6.45, 7) is 3.50. The van der Waals surface area contributed by atoms with E-state index in [-0.39, 0.29) is 5.75 Å². The van der Waals surface area contributed by atoms with Crippen LogP contribution in [0.15, 0.2) is 40.9 Å². The minimum absolute atomic E-state index is 0.213. The molecule has 0 bridgehead atoms. The Bertz CT molecular complexity index is 621. The Morgan fingerprint density at radius 2 is 2.10 bits per heavy atom. The van der Waals surface area contributed by atoms with Crippen molar-refractivity contribution in [3.8, 4) is 11.5 Å². The van der Waals surface area contributed by atoms with E-state index >= 15 is 0 Å². The lowest BCUT2D eigenvalue weighted by molar-refractivity contribution is 0.433. The smallest absolute Gasteiger partial charge is 0.167 e. The maximum atomic E-state index is 14.1. The highest BCUT2D eigenvalue weighted by Crippen LogP contribution is 2.34. The van der Waals surface area contributed by atoms with Gasteiger partial charge in [0.1, 0.15) is 5.75 Å². The molecule has 2 aromatic carbocycles. The molecule has 0 aliphatic rings. The highest BCUT2D eigenvalue weighted by atomic mass is 79.9. The molecular weight excluding hydrogens is 357 g/mol. The summed E-state index contributed by atoms with van der Waals surface area (Å²) >= 11 is 9.45. The van der Waals surface area contributed by atoms with Crippen molar-refractivity contribution in [3.63, 3.8) is 0 Å². The van der Waals surface area contributed by atoms with Gasteiger partial charge in [0.25, 0.3) is 0 Å². The summed E-state index contributed by atoms with van der Waals surface area (Å²) in [7, 11) is 0. The maximum absolute atomic E-state index is 14.1. The molecule has 112 valence electrons. The van der Waals surface area contributed by atoms with Crippen molar-refractivity contribution in [2.75, 3.05) is 6.54 Å². The van der Waals surface area contributed by atoms with Gasteiger partial charge in [-0.15, -0.1) is 0 Å². The topological polar surface area (TPSA) is 21.3 Å². The van der Waals surface area contributed by atoms with Crippen molar-refractivity contribution in [1.82, 2.24) is 5.32 Å². The van der Waals surface area contributed by atoms with E-state index in [1.54, 1.807) is 24.3 Å². The Kier molecular flexibility index (Phi) is 6.03. The summed E-state index contributed by atoms with van der Waals surface area (Å²) in [6.07, 6.45) is 1.02. The quantitative estimate of drug-likeness (QED) is 0.673. The molecule has 0 saturated heterocycles. The van der Waals surface area contributed by atoms with Crippen LogP contribution >= 0.6 is 27.5 Å². The summed E-state index contributed by atoms with van der Waals surface area (Å²) in [5, 5.41) is 3.67. The van der Waals surface area contributed by atoms with E-state index in [9.17, 15) is 4.39 Å². The summed E-state index contributed by atoms with van der Waals surface area (Å²) < 4.78 is 20.6. The number of ether oxygens (including phenoxy) is 1. The van der Waals surface area contributed by atoms with Crippen molar-refractivity contribution >= 4 is 27.5 Å². The monoisotopic (exact) mass is 371 g/mol. The molecule has 2 rings (SSSR count). The van der Waals surface area contributed by atoms with Gasteiger partial charge < -0.3 is 10.1 Å². The van der Waals surface area contributed by atoms with Gasteiger partial charge in [0.2, 0.25) is 0 Å². The molecule has 0 spiro atoms. The van der Waals surface area contributed by atoms with Crippen LogP contribution in [0.5, 0.6) is 11.5 Å². The van der Waals surface area contributed by atoms with Crippen LogP contribution in [-0.4, -0.2) is 6.54 Å². The third kappa shape index (κ3) is 4.43. The van der Waals surface area contributed by atoms with E-state index in [1.807, 2.05) is 6.07 Å². The van der Waals surface area contributed by atoms with Crippen LogP contribution < -0.4 is 10.1 Å². The molecule has 0 aliphatic heterocycles. The third-order valence-corrected chi connectivity index (χ3v) is 3.69. The van der Waals surface area contributed by atoms with Crippen LogP contribution in [0.4, 0.5) is 4.39 Å². The Labute approximate surface area is 137 Å². The van der Waals surface area contributed by atoms with Gasteiger partial charge in [0.15, 0.2) is 11.6 Å². The summed E-state index contributed by atoms with van der Waals surface area (Å²) in [4.78, 5) is 0. The van der Waals surface area contributed by atoms with Gasteiger partial charge in [-0.3, -0.25) is 0 Å². The normalized spacial score (nSPS) is 10.7.